The molecule has 2 aliphatic heterocycles. The summed E-state index contributed by atoms with van der Waals surface area (Å²) in [5.74, 6) is -8.34. The van der Waals surface area contributed by atoms with Crippen molar-refractivity contribution in [3.8, 4) is 0 Å². The van der Waals surface area contributed by atoms with Gasteiger partial charge in [-0.3, -0.25) is 47.9 Å². The Morgan fingerprint density at radius 1 is 0.652 bits per heavy atom. The van der Waals surface area contributed by atoms with Crippen molar-refractivity contribution in [3.05, 3.63) is 0 Å². The number of aliphatic hydroxyl groups excluding tert-OH is 1. The van der Waals surface area contributed by atoms with Gasteiger partial charge < -0.3 is 74.4 Å². The van der Waals surface area contributed by atoms with Crippen molar-refractivity contribution in [1.82, 2.24) is 52.8 Å². The van der Waals surface area contributed by atoms with Crippen LogP contribution in [0.15, 0.2) is 0 Å². The quantitative estimate of drug-likeness (QED) is 0.0293. The number of likely N-dealkylation sites (tertiary alicyclic amines) is 1. The first-order valence-corrected chi connectivity index (χ1v) is 23.8. The van der Waals surface area contributed by atoms with E-state index in [2.05, 4.69) is 47.9 Å². The molecule has 0 aromatic carbocycles. The molecular weight excluding hydrogens is 905 g/mol. The van der Waals surface area contributed by atoms with Crippen molar-refractivity contribution >= 4 is 65.0 Å². The minimum absolute atomic E-state index is 0.0861. The van der Waals surface area contributed by atoms with Crippen LogP contribution in [-0.2, 0) is 52.7 Å². The lowest BCUT2D eigenvalue weighted by molar-refractivity contribution is -0.144. The number of β-amino-alcohol motifs (C(OH)–C–C–N with tert-alkyl or cyclic N) is 1. The van der Waals surface area contributed by atoms with E-state index >= 15 is 0 Å². The summed E-state index contributed by atoms with van der Waals surface area (Å²) in [5, 5.41) is 42.1. The molecule has 0 aliphatic carbocycles. The van der Waals surface area contributed by atoms with Gasteiger partial charge in [0.05, 0.1) is 31.8 Å². The monoisotopic (exact) mass is 981 g/mol. The second-order valence-electron chi connectivity index (χ2n) is 18.4. The van der Waals surface area contributed by atoms with Gasteiger partial charge in [-0.1, -0.05) is 40.5 Å². The lowest BCUT2D eigenvalue weighted by Gasteiger charge is -2.26. The van der Waals surface area contributed by atoms with E-state index in [1.807, 2.05) is 13.8 Å². The molecule has 69 heavy (non-hydrogen) atoms. The van der Waals surface area contributed by atoms with E-state index in [4.69, 9.17) is 11.5 Å². The molecule has 0 bridgehead atoms. The second-order valence-corrected chi connectivity index (χ2v) is 18.4. The molecule has 2 fully saturated rings. The predicted molar refractivity (Wildman–Crippen MR) is 249 cm³/mol. The number of carboxylic acid groups (broad SMARTS) is 1. The maximum Gasteiger partial charge on any atom is 0.326 e. The van der Waals surface area contributed by atoms with Crippen LogP contribution in [0.5, 0.6) is 0 Å². The number of aliphatic carboxylic acids is 1. The first kappa shape index (κ1) is 59.2. The average Bonchev–Trinajstić information content (AvgIpc) is 3.96. The molecular formula is C44H76N12O13. The molecule has 25 nitrogen and oxygen atoms in total. The molecule has 2 aliphatic rings. The van der Waals surface area contributed by atoms with Crippen LogP contribution in [0, 0.1) is 11.8 Å². The summed E-state index contributed by atoms with van der Waals surface area (Å²) in [6, 6.07) is -7.67. The van der Waals surface area contributed by atoms with Crippen LogP contribution in [0.4, 0.5) is 0 Å². The molecule has 10 amide bonds. The number of carbonyl (C=O) groups excluding carboxylic acids is 10. The Hall–Kier alpha value is -5.95. The normalized spacial score (nSPS) is 18.7. The fourth-order valence-corrected chi connectivity index (χ4v) is 7.62. The van der Waals surface area contributed by atoms with E-state index in [0.29, 0.717) is 38.6 Å². The Labute approximate surface area is 402 Å². The highest BCUT2D eigenvalue weighted by atomic mass is 16.4. The summed E-state index contributed by atoms with van der Waals surface area (Å²) in [4.78, 5) is 143. The molecule has 0 unspecified atom stereocenters. The van der Waals surface area contributed by atoms with Gasteiger partial charge in [-0.25, -0.2) is 4.79 Å². The number of amides is 10. The molecule has 0 aromatic heterocycles. The van der Waals surface area contributed by atoms with Crippen LogP contribution in [0.1, 0.15) is 112 Å². The van der Waals surface area contributed by atoms with Crippen LogP contribution in [0.25, 0.3) is 0 Å². The minimum Gasteiger partial charge on any atom is -0.480 e. The van der Waals surface area contributed by atoms with Crippen molar-refractivity contribution in [3.63, 3.8) is 0 Å². The number of hydrogen-bond acceptors (Lipinski definition) is 14. The molecule has 15 N–H and O–H groups in total. The summed E-state index contributed by atoms with van der Waals surface area (Å²) < 4.78 is 0. The van der Waals surface area contributed by atoms with Crippen LogP contribution in [0.2, 0.25) is 0 Å². The van der Waals surface area contributed by atoms with Crippen LogP contribution in [0.3, 0.4) is 0 Å². The highest BCUT2D eigenvalue weighted by molar-refractivity contribution is 5.97. The zero-order valence-corrected chi connectivity index (χ0v) is 40.5. The van der Waals surface area contributed by atoms with E-state index in [-0.39, 0.29) is 63.5 Å². The van der Waals surface area contributed by atoms with E-state index in [1.165, 1.54) is 11.8 Å². The van der Waals surface area contributed by atoms with Gasteiger partial charge in [-0.15, -0.1) is 0 Å². The first-order chi connectivity index (χ1) is 32.5. The SMILES string of the molecule is CC(C)CC[C@@H](NC(=O)[C@@H](CCC(N)=O)NC(=O)CNC(=O)[C@H]1C[C@H](O)CN1)C(=O)NCC(=O)N[C@H](CC(C)C)C(=O)N[C@H](C)C(=O)NCC(=O)N1CCC[C@@H]1C(=O)N[C@H](CCCCCN)C(=O)O. The highest BCUT2D eigenvalue weighted by Crippen LogP contribution is 2.18. The minimum atomic E-state index is -1.34. The smallest absolute Gasteiger partial charge is 0.326 e. The lowest BCUT2D eigenvalue weighted by Crippen LogP contribution is -2.57. The number of unbranched alkanes of at least 4 members (excludes halogenated alkanes) is 2. The molecule has 2 saturated heterocycles. The zero-order valence-electron chi connectivity index (χ0n) is 40.5. The van der Waals surface area contributed by atoms with Gasteiger partial charge in [-0.2, -0.15) is 0 Å². The maximum atomic E-state index is 13.5. The number of nitrogens with two attached hydrogens (primary N) is 2. The van der Waals surface area contributed by atoms with Gasteiger partial charge in [0.2, 0.25) is 59.1 Å². The largest absolute Gasteiger partial charge is 0.480 e. The Morgan fingerprint density at radius 3 is 1.87 bits per heavy atom. The van der Waals surface area contributed by atoms with Gasteiger partial charge in [0.25, 0.3) is 0 Å². The molecule has 25 heteroatoms. The number of hydrogen-bond donors (Lipinski definition) is 13. The van der Waals surface area contributed by atoms with E-state index in [9.17, 15) is 63.0 Å². The second kappa shape index (κ2) is 30.5. The van der Waals surface area contributed by atoms with Gasteiger partial charge in [0.15, 0.2) is 0 Å². The first-order valence-electron chi connectivity index (χ1n) is 23.8. The standard InChI is InChI=1S/C44H76N12O13/c1-24(2)12-13-28(54-41(65)29(14-15-34(46)58)52-35(59)21-49-40(64)31-19-27(57)20-47-31)39(63)48-22-36(60)53-32(18-25(3)4)42(66)51-26(5)38(62)50-23-37(61)56-17-9-11-33(56)43(67)55-30(44(68)69)10-7-6-8-16-45/h24-33,47,57H,6-23,45H2,1-5H3,(H2,46,58)(H,48,63)(H,49,64)(H,50,62)(H,51,66)(H,52,59)(H,53,60)(H,54,65)(H,55,67)(H,68,69)/t26-,27+,28-,29-,30-,31-,32-,33-/m1/s1. The molecule has 0 saturated carbocycles. The van der Waals surface area contributed by atoms with Crippen molar-refractivity contribution < 1.29 is 63.0 Å². The third-order valence-electron chi connectivity index (χ3n) is 11.5. The maximum absolute atomic E-state index is 13.5. The Morgan fingerprint density at radius 2 is 1.28 bits per heavy atom. The lowest BCUT2D eigenvalue weighted by atomic mass is 10.0. The summed E-state index contributed by atoms with van der Waals surface area (Å²) in [7, 11) is 0. The zero-order chi connectivity index (χ0) is 51.8. The number of nitrogens with zero attached hydrogens (tertiary/aromatic N) is 1. The van der Waals surface area contributed by atoms with E-state index in [0.717, 1.165) is 6.42 Å². The van der Waals surface area contributed by atoms with Crippen molar-refractivity contribution in [2.24, 2.45) is 23.3 Å². The number of nitrogens with one attached hydrogen (secondary N) is 9. The van der Waals surface area contributed by atoms with E-state index < -0.39 is 133 Å². The molecule has 390 valence electrons. The average molecular weight is 981 g/mol. The topological polar surface area (TPSA) is 392 Å². The van der Waals surface area contributed by atoms with Crippen LogP contribution >= 0.6 is 0 Å². The van der Waals surface area contributed by atoms with Gasteiger partial charge in [0, 0.05) is 19.5 Å². The number of rotatable bonds is 31. The number of aliphatic hydroxyl groups is 1. The van der Waals surface area contributed by atoms with Gasteiger partial charge in [-0.05, 0) is 83.1 Å². The molecule has 2 heterocycles. The summed E-state index contributed by atoms with van der Waals surface area (Å²) in [6.45, 7) is 7.98. The molecule has 2 rings (SSSR count). The van der Waals surface area contributed by atoms with Crippen LogP contribution < -0.4 is 59.3 Å². The summed E-state index contributed by atoms with van der Waals surface area (Å²) >= 11 is 0. The summed E-state index contributed by atoms with van der Waals surface area (Å²) in [6.07, 6.45) is 2.57. The number of carboxylic acids is 1. The highest BCUT2D eigenvalue weighted by Gasteiger charge is 2.36. The Balaban J connectivity index is 1.99. The Kier molecular flexibility index (Phi) is 26.2. The van der Waals surface area contributed by atoms with Crippen molar-refractivity contribution in [1.29, 1.82) is 0 Å². The van der Waals surface area contributed by atoms with Gasteiger partial charge in [0.1, 0.15) is 36.3 Å². The third-order valence-corrected chi connectivity index (χ3v) is 11.5. The van der Waals surface area contributed by atoms with Crippen molar-refractivity contribution in [2.75, 3.05) is 39.3 Å². The number of carbonyl (C=O) groups is 11. The fraction of sp³-hybridized carbons (Fsp3) is 0.750. The van der Waals surface area contributed by atoms with E-state index in [1.54, 1.807) is 13.8 Å². The van der Waals surface area contributed by atoms with Gasteiger partial charge >= 0.3 is 5.97 Å². The Bertz CT molecular complexity index is 1800. The summed E-state index contributed by atoms with van der Waals surface area (Å²) in [5.41, 5.74) is 10.8. The fourth-order valence-electron chi connectivity index (χ4n) is 7.62. The molecule has 0 radical (unpaired) electrons. The molecule has 8 atom stereocenters. The van der Waals surface area contributed by atoms with Crippen molar-refractivity contribution in [2.45, 2.75) is 160 Å². The molecule has 0 aromatic rings. The third kappa shape index (κ3) is 22.4. The number of primary amides is 1. The predicted octanol–water partition coefficient (Wildman–Crippen LogP) is -4.16. The molecule has 0 spiro atoms. The van der Waals surface area contributed by atoms with Crippen LogP contribution in [-0.4, -0.2) is 168 Å².